The number of aliphatic carboxylic acids is 2. The Morgan fingerprint density at radius 1 is 0.442 bits per heavy atom. The van der Waals surface area contributed by atoms with E-state index in [1.54, 1.807) is 83.1 Å². The van der Waals surface area contributed by atoms with E-state index in [4.69, 9.17) is 59.5 Å². The van der Waals surface area contributed by atoms with Crippen molar-refractivity contribution in [2.45, 2.75) is 144 Å². The van der Waals surface area contributed by atoms with E-state index in [2.05, 4.69) is 4.74 Å². The molecule has 43 heavy (non-hydrogen) atoms. The number of hydrogen-bond donors (Lipinski definition) is 4. The van der Waals surface area contributed by atoms with E-state index < -0.39 is 58.8 Å². The first-order valence-electron chi connectivity index (χ1n) is 13.8. The van der Waals surface area contributed by atoms with Gasteiger partial charge in [-0.15, -0.1) is 0 Å². The molecule has 0 aliphatic rings. The Kier molecular flexibility index (Phi) is 21.9. The minimum absolute atomic E-state index is 0.0278. The third kappa shape index (κ3) is 36.6. The molecule has 0 aromatic carbocycles. The van der Waals surface area contributed by atoms with Crippen LogP contribution in [0.2, 0.25) is 0 Å². The summed E-state index contributed by atoms with van der Waals surface area (Å²) in [6.45, 7) is 24.9. The van der Waals surface area contributed by atoms with Crippen LogP contribution in [0, 0.1) is 0 Å². The van der Waals surface area contributed by atoms with Gasteiger partial charge < -0.3 is 25.2 Å². The molecule has 0 heterocycles. The topological polar surface area (TPSA) is 198 Å². The maximum atomic E-state index is 10.8. The molecule has 0 bridgehead atoms. The number of ether oxygens (including phenoxy) is 1. The molecule has 15 heteroatoms. The predicted molar refractivity (Wildman–Crippen MR) is 154 cm³/mol. The van der Waals surface area contributed by atoms with Crippen LogP contribution in [0.3, 0.4) is 0 Å². The van der Waals surface area contributed by atoms with Crippen LogP contribution in [0.1, 0.15) is 110 Å². The monoisotopic (exact) mass is 634 g/mol. The van der Waals surface area contributed by atoms with E-state index in [-0.39, 0.29) is 13.2 Å². The number of carboxylic acids is 2. The fourth-order valence-corrected chi connectivity index (χ4v) is 1.78. The third-order valence-electron chi connectivity index (χ3n) is 3.29. The van der Waals surface area contributed by atoms with Crippen LogP contribution in [0.5, 0.6) is 0 Å². The van der Waals surface area contributed by atoms with Gasteiger partial charge in [-0.2, -0.15) is 19.6 Å². The normalized spacial score (nSPS) is 13.0. The van der Waals surface area contributed by atoms with Crippen LogP contribution in [0.4, 0.5) is 0 Å². The van der Waals surface area contributed by atoms with Crippen molar-refractivity contribution in [2.75, 3.05) is 26.4 Å². The van der Waals surface area contributed by atoms with Crippen molar-refractivity contribution < 1.29 is 73.9 Å². The first kappa shape index (κ1) is 45.9. The number of carbonyl (C=O) groups is 2. The van der Waals surface area contributed by atoms with Gasteiger partial charge >= 0.3 is 11.9 Å². The van der Waals surface area contributed by atoms with E-state index in [0.717, 1.165) is 0 Å². The van der Waals surface area contributed by atoms with Gasteiger partial charge in [0.1, 0.15) is 12.8 Å². The van der Waals surface area contributed by atoms with Crippen molar-refractivity contribution in [1.82, 2.24) is 0 Å². The first-order chi connectivity index (χ1) is 19.1. The molecular weight excluding hydrogens is 576 g/mol. The minimum Gasteiger partial charge on any atom is -0.481 e. The van der Waals surface area contributed by atoms with Gasteiger partial charge in [0.05, 0.1) is 48.8 Å². The van der Waals surface area contributed by atoms with E-state index in [1.165, 1.54) is 13.8 Å². The van der Waals surface area contributed by atoms with Gasteiger partial charge in [-0.05, 0) is 96.9 Å². The molecule has 15 nitrogen and oxygen atoms in total. The highest BCUT2D eigenvalue weighted by Gasteiger charge is 2.37. The van der Waals surface area contributed by atoms with E-state index in [9.17, 15) is 9.59 Å². The lowest BCUT2D eigenvalue weighted by molar-refractivity contribution is -0.535. The molecule has 0 unspecified atom stereocenters. The highest BCUT2D eigenvalue weighted by atomic mass is 17.3. The van der Waals surface area contributed by atoms with E-state index in [1.807, 2.05) is 0 Å². The summed E-state index contributed by atoms with van der Waals surface area (Å²) in [5.74, 6) is -5.17. The van der Waals surface area contributed by atoms with Gasteiger partial charge in [-0.25, -0.2) is 19.6 Å². The molecule has 0 spiro atoms. The molecule has 0 rings (SSSR count). The Morgan fingerprint density at radius 2 is 0.651 bits per heavy atom. The second-order valence-corrected chi connectivity index (χ2v) is 13.6. The average molecular weight is 635 g/mol. The number of aliphatic hydroxyl groups excluding tert-OH is 2. The van der Waals surface area contributed by atoms with Crippen molar-refractivity contribution in [2.24, 2.45) is 0 Å². The zero-order valence-electron chi connectivity index (χ0n) is 28.5. The van der Waals surface area contributed by atoms with Crippen LogP contribution < -0.4 is 0 Å². The molecular formula is C28H58O15. The Bertz CT molecular complexity index is 645. The number of carboxylic acid groups (broad SMARTS) is 2. The molecule has 0 aliphatic heterocycles. The maximum Gasteiger partial charge on any atom is 0.309 e. The molecule has 0 amide bonds. The number of aliphatic hydroxyl groups is 2. The summed E-state index contributed by atoms with van der Waals surface area (Å²) in [5.41, 5.74) is -2.31. The van der Waals surface area contributed by atoms with Gasteiger partial charge in [0.25, 0.3) is 0 Å². The lowest BCUT2D eigenvalue weighted by atomic mass is 10.2. The van der Waals surface area contributed by atoms with Gasteiger partial charge in [0.2, 0.25) is 11.6 Å². The molecule has 0 aromatic rings. The van der Waals surface area contributed by atoms with E-state index in [0.29, 0.717) is 13.2 Å². The summed E-state index contributed by atoms with van der Waals surface area (Å²) < 4.78 is 4.63. The van der Waals surface area contributed by atoms with Crippen molar-refractivity contribution in [3.63, 3.8) is 0 Å². The summed E-state index contributed by atoms with van der Waals surface area (Å²) in [5, 5.41) is 33.8. The standard InChI is InChI=1S/2C12H24O6.C4H10O3/c2*1-10(2,3)15-17-12(7,8-9(13)14)18-16-11(4,5)6;5-1-3-7-4-2-6/h2*8H2,1-7H3,(H,13,14);5-6H,1-4H2. The van der Waals surface area contributed by atoms with Crippen LogP contribution >= 0.6 is 0 Å². The molecule has 0 fully saturated rings. The second-order valence-electron chi connectivity index (χ2n) is 13.6. The maximum absolute atomic E-state index is 10.8. The summed E-state index contributed by atoms with van der Waals surface area (Å²) in [7, 11) is 0. The third-order valence-corrected chi connectivity index (χ3v) is 3.29. The molecule has 0 saturated carbocycles. The minimum atomic E-state index is -1.51. The SMILES string of the molecule is CC(C)(C)OOC(C)(CC(=O)O)OOC(C)(C)C.CC(C)(C)OOC(C)(CC(=O)O)OOC(C)(C)C.OCCOCCO. The predicted octanol–water partition coefficient (Wildman–Crippen LogP) is 4.33. The first-order valence-corrected chi connectivity index (χ1v) is 13.8. The summed E-state index contributed by atoms with van der Waals surface area (Å²) >= 11 is 0. The Morgan fingerprint density at radius 3 is 0.791 bits per heavy atom. The lowest BCUT2D eigenvalue weighted by Gasteiger charge is -2.31. The quantitative estimate of drug-likeness (QED) is 0.0809. The zero-order valence-corrected chi connectivity index (χ0v) is 28.5. The summed E-state index contributed by atoms with van der Waals surface area (Å²) in [6, 6.07) is 0. The molecule has 0 atom stereocenters. The molecule has 260 valence electrons. The molecule has 0 radical (unpaired) electrons. The van der Waals surface area contributed by atoms with Crippen molar-refractivity contribution >= 4 is 11.9 Å². The highest BCUT2D eigenvalue weighted by Crippen LogP contribution is 2.25. The molecule has 0 aromatic heterocycles. The zero-order chi connectivity index (χ0) is 34.8. The summed E-state index contributed by atoms with van der Waals surface area (Å²) in [6.07, 6.45) is -0.807. The fourth-order valence-electron chi connectivity index (χ4n) is 1.78. The number of hydrogen-bond acceptors (Lipinski definition) is 13. The Balaban J connectivity index is -0.000000611. The molecule has 0 saturated heterocycles. The van der Waals surface area contributed by atoms with Crippen molar-refractivity contribution in [3.8, 4) is 0 Å². The van der Waals surface area contributed by atoms with Crippen molar-refractivity contribution in [3.05, 3.63) is 0 Å². The van der Waals surface area contributed by atoms with Crippen LogP contribution in [-0.2, 0) is 53.4 Å². The highest BCUT2D eigenvalue weighted by molar-refractivity contribution is 5.68. The largest absolute Gasteiger partial charge is 0.481 e. The molecule has 4 N–H and O–H groups in total. The number of rotatable bonds is 16. The van der Waals surface area contributed by atoms with Gasteiger partial charge in [-0.3, -0.25) is 9.59 Å². The van der Waals surface area contributed by atoms with Crippen molar-refractivity contribution in [1.29, 1.82) is 0 Å². The lowest BCUT2D eigenvalue weighted by Crippen LogP contribution is -2.40. The smallest absolute Gasteiger partial charge is 0.309 e. The van der Waals surface area contributed by atoms with Gasteiger partial charge in [-0.1, -0.05) is 0 Å². The Labute approximate surface area is 256 Å². The second kappa shape index (κ2) is 20.5. The fraction of sp³-hybridized carbons (Fsp3) is 0.929. The van der Waals surface area contributed by atoms with Crippen LogP contribution in [-0.4, -0.2) is 92.8 Å². The van der Waals surface area contributed by atoms with E-state index >= 15 is 0 Å². The molecule has 0 aliphatic carbocycles. The Hall–Kier alpha value is -1.50. The summed E-state index contributed by atoms with van der Waals surface area (Å²) in [4.78, 5) is 62.2. The van der Waals surface area contributed by atoms with Gasteiger partial charge in [0, 0.05) is 0 Å². The van der Waals surface area contributed by atoms with Crippen LogP contribution in [0.25, 0.3) is 0 Å². The van der Waals surface area contributed by atoms with Gasteiger partial charge in [0.15, 0.2) is 0 Å². The average Bonchev–Trinajstić information content (AvgIpc) is 2.78. The van der Waals surface area contributed by atoms with Crippen LogP contribution in [0.15, 0.2) is 0 Å².